The Labute approximate surface area is 464 Å². The minimum absolute atomic E-state index is 0.0207. The standard InChI is InChI=1S/C58H95N9O11/c1-17-24-46(68)64(14)50(38(9)10)57(76)63(13)44(32-36(5)6)51(70)60-41(31-35(3)4)54(73)66-29-22-27-42(66)55(74)65(15)49(37(7)8)53(72)61-48(39(11)18-2)52(71)59-34-47(69)62(12)45(33-40-25-20-19-21-26-40)56(75)67-30-23-28-43(67)58(77)78-16/h19-21,25-26,35-39,41-45,48-50H,17-18,22-24,27-34H2,1-16H3,(H,59,71)(H,60,70)(H,61,72)/t39-,41-,42-,43-,44-,45+,48-,49+,50-/m0/s1. The van der Waals surface area contributed by atoms with Crippen LogP contribution in [0.25, 0.3) is 0 Å². The third-order valence-electron chi connectivity index (χ3n) is 15.4. The van der Waals surface area contributed by atoms with E-state index in [2.05, 4.69) is 16.0 Å². The molecule has 2 aliphatic heterocycles. The van der Waals surface area contributed by atoms with Crippen molar-refractivity contribution in [3.63, 3.8) is 0 Å². The molecule has 0 aromatic heterocycles. The summed E-state index contributed by atoms with van der Waals surface area (Å²) in [6, 6.07) is 1.36. The lowest BCUT2D eigenvalue weighted by Crippen LogP contribution is -2.61. The Kier molecular flexibility index (Phi) is 26.2. The van der Waals surface area contributed by atoms with Gasteiger partial charge in [0.2, 0.25) is 53.2 Å². The molecule has 2 saturated heterocycles. The Morgan fingerprint density at radius 3 is 1.72 bits per heavy atom. The highest BCUT2D eigenvalue weighted by Gasteiger charge is 2.45. The fraction of sp³-hybridized carbons (Fsp3) is 0.724. The van der Waals surface area contributed by atoms with Crippen LogP contribution in [0.5, 0.6) is 0 Å². The van der Waals surface area contributed by atoms with Crippen molar-refractivity contribution < 1.29 is 52.7 Å². The SMILES string of the molecule is CCCC(=O)N(C)[C@H](C(=O)N(C)[C@@H](CC(C)C)C(=O)N[C@@H](CC(C)C)C(=O)N1CCC[C@H]1C(=O)N(C)[C@@H](C(=O)N[C@H](C(=O)NCC(=O)N(C)[C@H](Cc1ccccc1)C(=O)N1CCC[C@H]1C(=O)OC)[C@@H](C)CC)C(C)C)C(C)C. The smallest absolute Gasteiger partial charge is 0.328 e. The van der Waals surface area contributed by atoms with Gasteiger partial charge in [-0.3, -0.25) is 43.2 Å². The summed E-state index contributed by atoms with van der Waals surface area (Å²) in [7, 11) is 7.41. The molecule has 9 amide bonds. The van der Waals surface area contributed by atoms with E-state index in [1.807, 2.05) is 85.7 Å². The van der Waals surface area contributed by atoms with E-state index in [9.17, 15) is 47.9 Å². The van der Waals surface area contributed by atoms with E-state index in [0.717, 1.165) is 5.56 Å². The number of amides is 9. The van der Waals surface area contributed by atoms with Crippen LogP contribution < -0.4 is 16.0 Å². The van der Waals surface area contributed by atoms with Crippen LogP contribution in [0.3, 0.4) is 0 Å². The van der Waals surface area contributed by atoms with Crippen molar-refractivity contribution in [1.29, 1.82) is 0 Å². The number of benzene rings is 1. The molecule has 9 atom stereocenters. The minimum Gasteiger partial charge on any atom is -0.467 e. The Morgan fingerprint density at radius 1 is 0.628 bits per heavy atom. The normalized spacial score (nSPS) is 18.1. The molecule has 3 rings (SSSR count). The summed E-state index contributed by atoms with van der Waals surface area (Å²) < 4.78 is 4.98. The summed E-state index contributed by atoms with van der Waals surface area (Å²) in [4.78, 5) is 149. The van der Waals surface area contributed by atoms with Crippen LogP contribution in [0.4, 0.5) is 0 Å². The van der Waals surface area contributed by atoms with E-state index >= 15 is 0 Å². The highest BCUT2D eigenvalue weighted by atomic mass is 16.5. The van der Waals surface area contributed by atoms with Gasteiger partial charge < -0.3 is 50.1 Å². The summed E-state index contributed by atoms with van der Waals surface area (Å²) in [5, 5.41) is 8.54. The third kappa shape index (κ3) is 17.5. The lowest BCUT2D eigenvalue weighted by molar-refractivity contribution is -0.154. The monoisotopic (exact) mass is 1090 g/mol. The molecule has 2 fully saturated rings. The number of hydrogen-bond acceptors (Lipinski definition) is 11. The molecule has 20 nitrogen and oxygen atoms in total. The molecule has 78 heavy (non-hydrogen) atoms. The number of carbonyl (C=O) groups is 10. The first-order valence-corrected chi connectivity index (χ1v) is 28.3. The highest BCUT2D eigenvalue weighted by Crippen LogP contribution is 2.26. The van der Waals surface area contributed by atoms with Gasteiger partial charge in [0, 0.05) is 54.1 Å². The first kappa shape index (κ1) is 66.2. The summed E-state index contributed by atoms with van der Waals surface area (Å²) in [6.07, 6.45) is 3.86. The van der Waals surface area contributed by atoms with Crippen molar-refractivity contribution >= 4 is 59.1 Å². The molecule has 1 aromatic carbocycles. The van der Waals surface area contributed by atoms with Gasteiger partial charge >= 0.3 is 5.97 Å². The fourth-order valence-electron chi connectivity index (χ4n) is 10.8. The van der Waals surface area contributed by atoms with Crippen LogP contribution >= 0.6 is 0 Å². The number of esters is 1. The molecule has 2 heterocycles. The molecular weight excluding hydrogens is 999 g/mol. The molecule has 3 N–H and O–H groups in total. The van der Waals surface area contributed by atoms with Gasteiger partial charge in [-0.1, -0.05) is 113 Å². The number of hydrogen-bond donors (Lipinski definition) is 3. The van der Waals surface area contributed by atoms with Crippen LogP contribution in [-0.4, -0.2) is 192 Å². The van der Waals surface area contributed by atoms with Crippen molar-refractivity contribution in [1.82, 2.24) is 45.3 Å². The number of likely N-dealkylation sites (tertiary alicyclic amines) is 2. The number of nitrogens with one attached hydrogen (secondary N) is 3. The molecule has 20 heteroatoms. The molecule has 0 saturated carbocycles. The highest BCUT2D eigenvalue weighted by molar-refractivity contribution is 5.98. The Bertz CT molecular complexity index is 2220. The van der Waals surface area contributed by atoms with E-state index in [0.29, 0.717) is 45.1 Å². The van der Waals surface area contributed by atoms with Crippen molar-refractivity contribution in [2.75, 3.05) is 54.9 Å². The number of rotatable bonds is 28. The van der Waals surface area contributed by atoms with E-state index in [-0.39, 0.29) is 61.8 Å². The largest absolute Gasteiger partial charge is 0.467 e. The quantitative estimate of drug-likeness (QED) is 0.101. The van der Waals surface area contributed by atoms with Crippen LogP contribution in [0, 0.1) is 29.6 Å². The van der Waals surface area contributed by atoms with Gasteiger partial charge in [0.15, 0.2) is 0 Å². The topological polar surface area (TPSA) is 235 Å². The van der Waals surface area contributed by atoms with Crippen molar-refractivity contribution in [2.24, 2.45) is 29.6 Å². The summed E-state index contributed by atoms with van der Waals surface area (Å²) >= 11 is 0. The molecule has 2 aliphatic rings. The summed E-state index contributed by atoms with van der Waals surface area (Å²) in [5.41, 5.74) is 0.787. The number of likely N-dealkylation sites (N-methyl/N-ethyl adjacent to an activating group) is 4. The maximum atomic E-state index is 14.7. The minimum atomic E-state index is -1.13. The van der Waals surface area contributed by atoms with Gasteiger partial charge in [-0.25, -0.2) is 4.79 Å². The van der Waals surface area contributed by atoms with Crippen LogP contribution in [0.1, 0.15) is 140 Å². The maximum Gasteiger partial charge on any atom is 0.328 e. The number of ether oxygens (including phenoxy) is 1. The second-order valence-corrected chi connectivity index (χ2v) is 23.1. The first-order chi connectivity index (χ1) is 36.6. The first-order valence-electron chi connectivity index (χ1n) is 28.3. The number of methoxy groups -OCH3 is 1. The molecule has 0 bridgehead atoms. The van der Waals surface area contributed by atoms with Gasteiger partial charge in [-0.05, 0) is 80.1 Å². The fourth-order valence-corrected chi connectivity index (χ4v) is 10.8. The van der Waals surface area contributed by atoms with Gasteiger partial charge in [-0.2, -0.15) is 0 Å². The van der Waals surface area contributed by atoms with Crippen molar-refractivity contribution in [2.45, 2.75) is 189 Å². The van der Waals surface area contributed by atoms with Crippen molar-refractivity contribution in [3.8, 4) is 0 Å². The average Bonchev–Trinajstić information content (AvgIpc) is 4.10. The third-order valence-corrected chi connectivity index (χ3v) is 15.4. The van der Waals surface area contributed by atoms with E-state index in [1.54, 1.807) is 34.9 Å². The maximum absolute atomic E-state index is 14.7. The molecule has 0 aliphatic carbocycles. The molecular formula is C58H95N9O11. The van der Waals surface area contributed by atoms with Gasteiger partial charge in [0.05, 0.1) is 13.7 Å². The van der Waals surface area contributed by atoms with Crippen LogP contribution in [0.15, 0.2) is 30.3 Å². The summed E-state index contributed by atoms with van der Waals surface area (Å²) in [5.74, 6) is -6.02. The number of nitrogens with zero attached hydrogens (tertiary/aromatic N) is 6. The molecule has 0 unspecified atom stereocenters. The van der Waals surface area contributed by atoms with Crippen LogP contribution in [0.2, 0.25) is 0 Å². The molecule has 0 spiro atoms. The van der Waals surface area contributed by atoms with Gasteiger partial charge in [-0.15, -0.1) is 0 Å². The second kappa shape index (κ2) is 30.9. The van der Waals surface area contributed by atoms with E-state index in [4.69, 9.17) is 4.74 Å². The van der Waals surface area contributed by atoms with Crippen molar-refractivity contribution in [3.05, 3.63) is 35.9 Å². The zero-order valence-electron chi connectivity index (χ0n) is 49.8. The predicted molar refractivity (Wildman–Crippen MR) is 298 cm³/mol. The zero-order valence-corrected chi connectivity index (χ0v) is 49.8. The summed E-state index contributed by atoms with van der Waals surface area (Å²) in [6.45, 7) is 20.5. The predicted octanol–water partition coefficient (Wildman–Crippen LogP) is 4.03. The Morgan fingerprint density at radius 2 is 1.19 bits per heavy atom. The zero-order chi connectivity index (χ0) is 58.9. The van der Waals surface area contributed by atoms with E-state index in [1.165, 1.54) is 50.6 Å². The van der Waals surface area contributed by atoms with Gasteiger partial charge in [0.1, 0.15) is 48.3 Å². The second-order valence-electron chi connectivity index (χ2n) is 23.1. The Hall–Kier alpha value is -6.08. The molecule has 438 valence electrons. The van der Waals surface area contributed by atoms with Gasteiger partial charge in [0.25, 0.3) is 0 Å². The lowest BCUT2D eigenvalue weighted by Gasteiger charge is -2.38. The number of carbonyl (C=O) groups excluding carboxylic acids is 10. The molecule has 0 radical (unpaired) electrons. The molecule has 1 aromatic rings. The van der Waals surface area contributed by atoms with Crippen LogP contribution in [-0.2, 0) is 59.1 Å². The Balaban J connectivity index is 1.83. The average molecular weight is 1090 g/mol. The lowest BCUT2D eigenvalue weighted by atomic mass is 9.95. The van der Waals surface area contributed by atoms with E-state index < -0.39 is 114 Å².